The van der Waals surface area contributed by atoms with E-state index in [0.717, 1.165) is 37.2 Å². The summed E-state index contributed by atoms with van der Waals surface area (Å²) in [4.78, 5) is 14.5. The van der Waals surface area contributed by atoms with Crippen molar-refractivity contribution >= 4 is 34.9 Å². The van der Waals surface area contributed by atoms with Gasteiger partial charge in [0.1, 0.15) is 11.6 Å². The van der Waals surface area contributed by atoms with E-state index >= 15 is 0 Å². The van der Waals surface area contributed by atoms with Crippen LogP contribution in [0.3, 0.4) is 0 Å². The number of thiocarbonyl (C=S) groups is 1. The van der Waals surface area contributed by atoms with Crippen LogP contribution < -0.4 is 20.4 Å². The molecule has 2 fully saturated rings. The van der Waals surface area contributed by atoms with Crippen LogP contribution in [0.5, 0.6) is 0 Å². The van der Waals surface area contributed by atoms with Crippen LogP contribution in [0, 0.1) is 5.92 Å². The molecule has 0 amide bonds. The maximum Gasteiger partial charge on any atom is 0.232 e. The molecule has 0 saturated carbocycles. The number of nitrogens with zero attached hydrogens (tertiary/aromatic N) is 4. The summed E-state index contributed by atoms with van der Waals surface area (Å²) in [6.07, 6.45) is 6.16. The van der Waals surface area contributed by atoms with Gasteiger partial charge in [-0.2, -0.15) is 9.97 Å². The van der Waals surface area contributed by atoms with Gasteiger partial charge >= 0.3 is 0 Å². The van der Waals surface area contributed by atoms with Crippen molar-refractivity contribution in [2.45, 2.75) is 78.3 Å². The number of rotatable bonds is 3. The predicted octanol–water partition coefficient (Wildman–Crippen LogP) is 4.18. The third kappa shape index (κ3) is 5.69. The van der Waals surface area contributed by atoms with Crippen molar-refractivity contribution in [3.8, 4) is 0 Å². The van der Waals surface area contributed by atoms with Crippen LogP contribution in [-0.2, 0) is 0 Å². The molecule has 0 aliphatic carbocycles. The first-order valence-corrected chi connectivity index (χ1v) is 11.1. The third-order valence-corrected chi connectivity index (χ3v) is 5.82. The topological polar surface area (TPSA) is 56.3 Å². The molecule has 1 aromatic rings. The Labute approximate surface area is 175 Å². The van der Waals surface area contributed by atoms with E-state index in [-0.39, 0.29) is 5.54 Å². The van der Waals surface area contributed by atoms with Crippen molar-refractivity contribution in [2.75, 3.05) is 34.8 Å². The van der Waals surface area contributed by atoms with E-state index in [1.165, 1.54) is 32.1 Å². The standard InChI is InChI=1S/C21H36N6S/c1-15-9-12-26(13-10-15)17-14-18(27-11-7-6-8-16(27)2)23-19(22-17)24-20(28)25-21(3,4)5/h14-16H,6-13H2,1-5H3,(H2,22,23,24,25,28)/t16-/m1/s1. The first kappa shape index (κ1) is 21.1. The molecule has 6 nitrogen and oxygen atoms in total. The van der Waals surface area contributed by atoms with Crippen molar-refractivity contribution in [2.24, 2.45) is 5.92 Å². The molecule has 28 heavy (non-hydrogen) atoms. The van der Waals surface area contributed by atoms with Crippen LogP contribution in [0.25, 0.3) is 0 Å². The number of hydrogen-bond donors (Lipinski definition) is 2. The normalized spacial score (nSPS) is 21.5. The van der Waals surface area contributed by atoms with Gasteiger partial charge in [-0.05, 0) is 77.9 Å². The van der Waals surface area contributed by atoms with Crippen molar-refractivity contribution in [3.63, 3.8) is 0 Å². The fourth-order valence-electron chi connectivity index (χ4n) is 3.94. The van der Waals surface area contributed by atoms with Crippen LogP contribution in [0.2, 0.25) is 0 Å². The largest absolute Gasteiger partial charge is 0.358 e. The molecule has 156 valence electrons. The summed E-state index contributed by atoms with van der Waals surface area (Å²) in [6.45, 7) is 14.1. The highest BCUT2D eigenvalue weighted by molar-refractivity contribution is 7.80. The fourth-order valence-corrected chi connectivity index (χ4v) is 4.33. The molecule has 3 heterocycles. The molecule has 7 heteroatoms. The Morgan fingerprint density at radius 1 is 1.04 bits per heavy atom. The number of aromatic nitrogens is 2. The minimum absolute atomic E-state index is 0.102. The van der Waals surface area contributed by atoms with Gasteiger partial charge in [0.05, 0.1) is 0 Å². The Kier molecular flexibility index (Phi) is 6.63. The van der Waals surface area contributed by atoms with Crippen molar-refractivity contribution in [1.82, 2.24) is 15.3 Å². The number of anilines is 3. The van der Waals surface area contributed by atoms with E-state index in [4.69, 9.17) is 22.2 Å². The van der Waals surface area contributed by atoms with Crippen LogP contribution in [0.4, 0.5) is 17.6 Å². The van der Waals surface area contributed by atoms with Crippen LogP contribution in [0.15, 0.2) is 6.07 Å². The van der Waals surface area contributed by atoms with Gasteiger partial charge in [0.25, 0.3) is 0 Å². The minimum Gasteiger partial charge on any atom is -0.358 e. The molecule has 0 aromatic carbocycles. The molecule has 1 aromatic heterocycles. The van der Waals surface area contributed by atoms with Gasteiger partial charge in [-0.25, -0.2) is 0 Å². The highest BCUT2D eigenvalue weighted by Crippen LogP contribution is 2.29. The summed E-state index contributed by atoms with van der Waals surface area (Å²) in [6, 6.07) is 2.67. The van der Waals surface area contributed by atoms with E-state index < -0.39 is 0 Å². The average molecular weight is 405 g/mol. The molecule has 0 spiro atoms. The second kappa shape index (κ2) is 8.80. The van der Waals surface area contributed by atoms with E-state index in [1.807, 2.05) is 0 Å². The van der Waals surface area contributed by atoms with Crippen molar-refractivity contribution in [3.05, 3.63) is 6.07 Å². The van der Waals surface area contributed by atoms with Crippen molar-refractivity contribution in [1.29, 1.82) is 0 Å². The lowest BCUT2D eigenvalue weighted by Gasteiger charge is -2.36. The number of hydrogen-bond acceptors (Lipinski definition) is 5. The zero-order valence-corrected chi connectivity index (χ0v) is 18.9. The highest BCUT2D eigenvalue weighted by Gasteiger charge is 2.24. The quantitative estimate of drug-likeness (QED) is 0.733. The molecule has 2 aliphatic rings. The lowest BCUT2D eigenvalue weighted by molar-refractivity contribution is 0.436. The van der Waals surface area contributed by atoms with Gasteiger partial charge < -0.3 is 20.4 Å². The Hall–Kier alpha value is -1.63. The lowest BCUT2D eigenvalue weighted by atomic mass is 9.99. The maximum atomic E-state index is 5.49. The predicted molar refractivity (Wildman–Crippen MR) is 122 cm³/mol. The summed E-state index contributed by atoms with van der Waals surface area (Å²) >= 11 is 5.49. The van der Waals surface area contributed by atoms with Gasteiger partial charge in [-0.15, -0.1) is 0 Å². The molecule has 2 aliphatic heterocycles. The summed E-state index contributed by atoms with van der Waals surface area (Å²) in [5.74, 6) is 3.40. The van der Waals surface area contributed by atoms with E-state index in [2.05, 4.69) is 61.1 Å². The van der Waals surface area contributed by atoms with E-state index in [0.29, 0.717) is 17.1 Å². The number of piperidine rings is 2. The summed E-state index contributed by atoms with van der Waals surface area (Å²) in [5, 5.41) is 7.08. The van der Waals surface area contributed by atoms with Gasteiger partial charge in [-0.1, -0.05) is 6.92 Å². The Morgan fingerprint density at radius 2 is 1.71 bits per heavy atom. The molecule has 0 radical (unpaired) electrons. The Balaban J connectivity index is 1.86. The smallest absolute Gasteiger partial charge is 0.232 e. The molecule has 3 rings (SSSR count). The highest BCUT2D eigenvalue weighted by atomic mass is 32.1. The Morgan fingerprint density at radius 3 is 2.36 bits per heavy atom. The monoisotopic (exact) mass is 404 g/mol. The van der Waals surface area contributed by atoms with Crippen LogP contribution in [0.1, 0.15) is 66.7 Å². The minimum atomic E-state index is -0.102. The van der Waals surface area contributed by atoms with E-state index in [9.17, 15) is 0 Å². The van der Waals surface area contributed by atoms with Gasteiger partial charge in [0, 0.05) is 37.3 Å². The van der Waals surface area contributed by atoms with E-state index in [1.54, 1.807) is 0 Å². The molecular weight excluding hydrogens is 368 g/mol. The first-order chi connectivity index (χ1) is 13.2. The van der Waals surface area contributed by atoms with Crippen LogP contribution in [-0.4, -0.2) is 46.3 Å². The second-order valence-electron chi connectivity index (χ2n) is 9.44. The maximum absolute atomic E-state index is 5.49. The zero-order chi connectivity index (χ0) is 20.3. The molecule has 0 unspecified atom stereocenters. The lowest BCUT2D eigenvalue weighted by Crippen LogP contribution is -2.43. The molecule has 1 atom stereocenters. The van der Waals surface area contributed by atoms with Gasteiger partial charge in [0.2, 0.25) is 5.95 Å². The molecule has 2 saturated heterocycles. The SMILES string of the molecule is CC1CCN(c2cc(N3CCCC[C@H]3C)nc(NC(=S)NC(C)(C)C)n2)CC1. The zero-order valence-electron chi connectivity index (χ0n) is 18.1. The molecular formula is C21H36N6S. The average Bonchev–Trinajstić information content (AvgIpc) is 2.60. The molecule has 0 bridgehead atoms. The van der Waals surface area contributed by atoms with Crippen LogP contribution >= 0.6 is 12.2 Å². The molecule has 2 N–H and O–H groups in total. The Bertz CT molecular complexity index is 678. The third-order valence-electron chi connectivity index (χ3n) is 5.62. The summed E-state index contributed by atoms with van der Waals surface area (Å²) in [5.41, 5.74) is -0.102. The van der Waals surface area contributed by atoms with Gasteiger partial charge in [0.15, 0.2) is 5.11 Å². The number of nitrogens with one attached hydrogen (secondary N) is 2. The summed E-state index contributed by atoms with van der Waals surface area (Å²) < 4.78 is 0. The second-order valence-corrected chi connectivity index (χ2v) is 9.85. The van der Waals surface area contributed by atoms with Crippen molar-refractivity contribution < 1.29 is 0 Å². The fraction of sp³-hybridized carbons (Fsp3) is 0.762. The first-order valence-electron chi connectivity index (χ1n) is 10.7. The van der Waals surface area contributed by atoms with Gasteiger partial charge in [-0.3, -0.25) is 0 Å². The summed E-state index contributed by atoms with van der Waals surface area (Å²) in [7, 11) is 0.